The molecule has 1 N–H and O–H groups in total. The molecule has 106 valence electrons. The Morgan fingerprint density at radius 3 is 3.05 bits per heavy atom. The lowest BCUT2D eigenvalue weighted by Gasteiger charge is -2.18. The first-order valence-electron chi connectivity index (χ1n) is 6.78. The summed E-state index contributed by atoms with van der Waals surface area (Å²) in [4.78, 5) is 4.13. The van der Waals surface area contributed by atoms with Gasteiger partial charge < -0.3 is 14.1 Å². The fourth-order valence-corrected chi connectivity index (χ4v) is 3.04. The van der Waals surface area contributed by atoms with E-state index in [4.69, 9.17) is 4.42 Å². The Kier molecular flexibility index (Phi) is 2.68. The average Bonchev–Trinajstić information content (AvgIpc) is 3.18. The van der Waals surface area contributed by atoms with E-state index in [0.717, 1.165) is 11.3 Å². The summed E-state index contributed by atoms with van der Waals surface area (Å²) in [6.07, 6.45) is 4.46. The molecule has 0 fully saturated rings. The fraction of sp³-hybridized carbons (Fsp3) is 0.188. The van der Waals surface area contributed by atoms with Crippen molar-refractivity contribution >= 4 is 0 Å². The maximum atomic E-state index is 14.2. The van der Waals surface area contributed by atoms with Gasteiger partial charge in [-0.05, 0) is 18.2 Å². The summed E-state index contributed by atoms with van der Waals surface area (Å²) in [7, 11) is 0. The molecule has 0 radical (unpaired) electrons. The van der Waals surface area contributed by atoms with Crippen LogP contribution < -0.4 is 0 Å². The van der Waals surface area contributed by atoms with Crippen LogP contribution in [-0.4, -0.2) is 14.7 Å². The minimum atomic E-state index is -0.786. The van der Waals surface area contributed by atoms with Gasteiger partial charge in [0.05, 0.1) is 30.5 Å². The Morgan fingerprint density at radius 2 is 2.24 bits per heavy atom. The van der Waals surface area contributed by atoms with E-state index in [0.29, 0.717) is 17.7 Å². The van der Waals surface area contributed by atoms with Crippen molar-refractivity contribution in [3.8, 4) is 11.3 Å². The van der Waals surface area contributed by atoms with Gasteiger partial charge in [0, 0.05) is 17.5 Å². The molecule has 3 heterocycles. The fourth-order valence-electron chi connectivity index (χ4n) is 3.04. The average molecular weight is 284 g/mol. The molecule has 0 amide bonds. The maximum Gasteiger partial charge on any atom is 0.132 e. The van der Waals surface area contributed by atoms with E-state index in [2.05, 4.69) is 4.98 Å². The van der Waals surface area contributed by atoms with Gasteiger partial charge in [-0.3, -0.25) is 0 Å². The van der Waals surface area contributed by atoms with E-state index in [9.17, 15) is 9.50 Å². The number of fused-ring (bicyclic) bond motifs is 3. The lowest BCUT2D eigenvalue weighted by molar-refractivity contribution is 0.128. The highest BCUT2D eigenvalue weighted by Gasteiger charge is 2.33. The van der Waals surface area contributed by atoms with Crippen molar-refractivity contribution in [3.63, 3.8) is 0 Å². The minimum absolute atomic E-state index is 0.257. The summed E-state index contributed by atoms with van der Waals surface area (Å²) in [6, 6.07) is 8.19. The van der Waals surface area contributed by atoms with Gasteiger partial charge in [-0.2, -0.15) is 0 Å². The van der Waals surface area contributed by atoms with Crippen LogP contribution in [0.25, 0.3) is 11.3 Å². The summed E-state index contributed by atoms with van der Waals surface area (Å²) in [5, 5.41) is 10.3. The van der Waals surface area contributed by atoms with Crippen LogP contribution in [0, 0.1) is 5.82 Å². The molecule has 0 saturated heterocycles. The number of aliphatic hydroxyl groups is 1. The van der Waals surface area contributed by atoms with E-state index in [1.54, 1.807) is 30.7 Å². The molecule has 4 nitrogen and oxygen atoms in total. The molecular formula is C16H13FN2O2. The van der Waals surface area contributed by atoms with Crippen LogP contribution in [0.15, 0.2) is 53.5 Å². The van der Waals surface area contributed by atoms with Crippen molar-refractivity contribution in [2.75, 3.05) is 0 Å². The Bertz CT molecular complexity index is 779. The lowest BCUT2D eigenvalue weighted by Crippen LogP contribution is -2.11. The molecule has 1 aliphatic heterocycles. The lowest BCUT2D eigenvalue weighted by atomic mass is 9.97. The Balaban J connectivity index is 1.76. The molecule has 1 aliphatic rings. The zero-order valence-electron chi connectivity index (χ0n) is 11.1. The Labute approximate surface area is 120 Å². The molecule has 5 heteroatoms. The van der Waals surface area contributed by atoms with E-state index in [-0.39, 0.29) is 11.9 Å². The summed E-state index contributed by atoms with van der Waals surface area (Å²) in [6.45, 7) is 0. The van der Waals surface area contributed by atoms with Gasteiger partial charge in [-0.25, -0.2) is 9.37 Å². The second-order valence-electron chi connectivity index (χ2n) is 5.17. The summed E-state index contributed by atoms with van der Waals surface area (Å²) >= 11 is 0. The number of nitrogens with zero attached hydrogens (tertiary/aromatic N) is 2. The predicted molar refractivity (Wildman–Crippen MR) is 74.0 cm³/mol. The van der Waals surface area contributed by atoms with E-state index in [1.807, 2.05) is 10.6 Å². The monoisotopic (exact) mass is 284 g/mol. The summed E-state index contributed by atoms with van der Waals surface area (Å²) in [5.41, 5.74) is 2.32. The number of hydrogen-bond donors (Lipinski definition) is 1. The van der Waals surface area contributed by atoms with Crippen LogP contribution in [0.5, 0.6) is 0 Å². The molecule has 0 saturated carbocycles. The topological polar surface area (TPSA) is 51.2 Å². The normalized spacial score (nSPS) is 17.5. The zero-order chi connectivity index (χ0) is 14.4. The van der Waals surface area contributed by atoms with Crippen molar-refractivity contribution in [3.05, 3.63) is 66.3 Å². The number of aliphatic hydroxyl groups excluding tert-OH is 1. The molecule has 3 aromatic rings. The number of benzene rings is 1. The van der Waals surface area contributed by atoms with Crippen LogP contribution in [-0.2, 0) is 0 Å². The first kappa shape index (κ1) is 12.3. The molecule has 21 heavy (non-hydrogen) atoms. The Hall–Kier alpha value is -2.40. The van der Waals surface area contributed by atoms with Crippen LogP contribution >= 0.6 is 0 Å². The molecule has 0 spiro atoms. The first-order valence-corrected chi connectivity index (χ1v) is 6.78. The third-order valence-corrected chi connectivity index (χ3v) is 3.98. The molecule has 2 atom stereocenters. The summed E-state index contributed by atoms with van der Waals surface area (Å²) < 4.78 is 21.4. The van der Waals surface area contributed by atoms with Gasteiger partial charge in [-0.1, -0.05) is 12.1 Å². The summed E-state index contributed by atoms with van der Waals surface area (Å²) in [5.74, 6) is 0.231. The highest BCUT2D eigenvalue weighted by molar-refractivity contribution is 5.69. The number of imidazole rings is 1. The van der Waals surface area contributed by atoms with E-state index >= 15 is 0 Å². The number of aromatic nitrogens is 2. The standard InChI is InChI=1S/C16H13FN2O2/c17-11-4-1-3-10-13-8-18-9-19(13)12(16(10)11)7-14(20)15-5-2-6-21-15/h1-6,8-9,12,14,20H,7H2. The van der Waals surface area contributed by atoms with Crippen molar-refractivity contribution in [1.29, 1.82) is 0 Å². The molecule has 2 aromatic heterocycles. The van der Waals surface area contributed by atoms with Crippen LogP contribution in [0.1, 0.15) is 29.9 Å². The predicted octanol–water partition coefficient (Wildman–Crippen LogP) is 3.31. The smallest absolute Gasteiger partial charge is 0.132 e. The van der Waals surface area contributed by atoms with Crippen LogP contribution in [0.2, 0.25) is 0 Å². The highest BCUT2D eigenvalue weighted by atomic mass is 19.1. The highest BCUT2D eigenvalue weighted by Crippen LogP contribution is 2.44. The number of rotatable bonds is 3. The number of furan rings is 1. The quantitative estimate of drug-likeness (QED) is 0.802. The van der Waals surface area contributed by atoms with E-state index < -0.39 is 6.10 Å². The van der Waals surface area contributed by atoms with Gasteiger partial charge >= 0.3 is 0 Å². The van der Waals surface area contributed by atoms with E-state index in [1.165, 1.54) is 12.3 Å². The van der Waals surface area contributed by atoms with Crippen molar-refractivity contribution in [2.24, 2.45) is 0 Å². The third kappa shape index (κ3) is 1.81. The van der Waals surface area contributed by atoms with Gasteiger partial charge in [0.15, 0.2) is 0 Å². The molecule has 2 unspecified atom stereocenters. The first-order chi connectivity index (χ1) is 10.3. The molecule has 0 bridgehead atoms. The number of halogens is 1. The maximum absolute atomic E-state index is 14.2. The Morgan fingerprint density at radius 1 is 1.33 bits per heavy atom. The molecule has 4 rings (SSSR count). The van der Waals surface area contributed by atoms with Crippen molar-refractivity contribution in [1.82, 2.24) is 9.55 Å². The van der Waals surface area contributed by atoms with Gasteiger partial charge in [0.1, 0.15) is 17.7 Å². The van der Waals surface area contributed by atoms with Crippen LogP contribution in [0.4, 0.5) is 4.39 Å². The van der Waals surface area contributed by atoms with Crippen LogP contribution in [0.3, 0.4) is 0 Å². The van der Waals surface area contributed by atoms with Crippen molar-refractivity contribution < 1.29 is 13.9 Å². The second-order valence-corrected chi connectivity index (χ2v) is 5.17. The van der Waals surface area contributed by atoms with Gasteiger partial charge in [-0.15, -0.1) is 0 Å². The van der Waals surface area contributed by atoms with Gasteiger partial charge in [0.25, 0.3) is 0 Å². The molecule has 0 aliphatic carbocycles. The van der Waals surface area contributed by atoms with Crippen molar-refractivity contribution in [2.45, 2.75) is 18.6 Å². The SMILES string of the molecule is OC(CC1c2c(F)cccc2-c2cncn21)c1ccco1. The number of hydrogen-bond acceptors (Lipinski definition) is 3. The minimum Gasteiger partial charge on any atom is -0.467 e. The zero-order valence-corrected chi connectivity index (χ0v) is 11.1. The third-order valence-electron chi connectivity index (χ3n) is 3.98. The largest absolute Gasteiger partial charge is 0.467 e. The molecular weight excluding hydrogens is 271 g/mol. The van der Waals surface area contributed by atoms with Gasteiger partial charge in [0.2, 0.25) is 0 Å². The second kappa shape index (κ2) is 4.56. The molecule has 1 aromatic carbocycles.